The van der Waals surface area contributed by atoms with Crippen LogP contribution in [0.5, 0.6) is 0 Å². The lowest BCUT2D eigenvalue weighted by molar-refractivity contribution is -0.114. The third-order valence-electron chi connectivity index (χ3n) is 5.54. The van der Waals surface area contributed by atoms with Crippen LogP contribution in [0.3, 0.4) is 0 Å². The van der Waals surface area contributed by atoms with E-state index in [0.717, 1.165) is 26.1 Å². The molecule has 0 bridgehead atoms. The van der Waals surface area contributed by atoms with Crippen molar-refractivity contribution in [2.45, 2.75) is 11.4 Å². The monoisotopic (exact) mass is 489 g/mol. The van der Waals surface area contributed by atoms with Gasteiger partial charge < -0.3 is 5.32 Å². The Kier molecular flexibility index (Phi) is 5.52. The third-order valence-corrected chi connectivity index (χ3v) is 7.63. The SMILES string of the molecule is NS(=O)(=O)c1ccc(CN/C=C2\C(=O)NC(=O)c3ccc(-c4cc5ccccc5s4)cc32)cc1. The number of benzene rings is 3. The molecular formula is C25H19N3O4S2. The molecule has 2 heterocycles. The average molecular weight is 490 g/mol. The molecule has 4 aromatic rings. The first-order valence-electron chi connectivity index (χ1n) is 10.3. The van der Waals surface area contributed by atoms with Gasteiger partial charge in [-0.15, -0.1) is 11.3 Å². The van der Waals surface area contributed by atoms with Gasteiger partial charge in [0.05, 0.1) is 10.5 Å². The van der Waals surface area contributed by atoms with E-state index in [0.29, 0.717) is 23.2 Å². The average Bonchev–Trinajstić information content (AvgIpc) is 3.25. The second-order valence-electron chi connectivity index (χ2n) is 7.82. The summed E-state index contributed by atoms with van der Waals surface area (Å²) >= 11 is 1.65. The van der Waals surface area contributed by atoms with Crippen molar-refractivity contribution in [3.63, 3.8) is 0 Å². The normalized spacial score (nSPS) is 14.8. The smallest absolute Gasteiger partial charge is 0.260 e. The van der Waals surface area contributed by atoms with E-state index in [1.165, 1.54) is 12.1 Å². The summed E-state index contributed by atoms with van der Waals surface area (Å²) in [4.78, 5) is 26.1. The Morgan fingerprint density at radius 3 is 2.41 bits per heavy atom. The minimum absolute atomic E-state index is 0.0301. The van der Waals surface area contributed by atoms with E-state index in [1.807, 2.05) is 24.3 Å². The first-order chi connectivity index (χ1) is 16.3. The molecule has 0 saturated heterocycles. The van der Waals surface area contributed by atoms with Crippen molar-refractivity contribution in [1.82, 2.24) is 10.6 Å². The Labute approximate surface area is 200 Å². The van der Waals surface area contributed by atoms with Gasteiger partial charge in [0.15, 0.2) is 0 Å². The summed E-state index contributed by atoms with van der Waals surface area (Å²) in [7, 11) is -3.76. The molecule has 4 N–H and O–H groups in total. The highest BCUT2D eigenvalue weighted by molar-refractivity contribution is 7.89. The zero-order valence-corrected chi connectivity index (χ0v) is 19.4. The number of hydrogen-bond acceptors (Lipinski definition) is 6. The number of amides is 2. The van der Waals surface area contributed by atoms with Crippen molar-refractivity contribution in [1.29, 1.82) is 0 Å². The number of carbonyl (C=O) groups is 2. The van der Waals surface area contributed by atoms with Crippen LogP contribution in [-0.2, 0) is 21.4 Å². The molecule has 1 aromatic heterocycles. The summed E-state index contributed by atoms with van der Waals surface area (Å²) in [5, 5.41) is 11.7. The van der Waals surface area contributed by atoms with Gasteiger partial charge in [0.1, 0.15) is 0 Å². The largest absolute Gasteiger partial charge is 0.386 e. The molecule has 170 valence electrons. The minimum atomic E-state index is -3.76. The van der Waals surface area contributed by atoms with Gasteiger partial charge in [-0.05, 0) is 52.9 Å². The maximum absolute atomic E-state index is 12.6. The minimum Gasteiger partial charge on any atom is -0.386 e. The fourth-order valence-corrected chi connectivity index (χ4v) is 5.39. The van der Waals surface area contributed by atoms with Gasteiger partial charge in [-0.25, -0.2) is 13.6 Å². The van der Waals surface area contributed by atoms with E-state index in [9.17, 15) is 18.0 Å². The van der Waals surface area contributed by atoms with Crippen molar-refractivity contribution in [3.8, 4) is 10.4 Å². The highest BCUT2D eigenvalue weighted by Crippen LogP contribution is 2.36. The van der Waals surface area contributed by atoms with Crippen LogP contribution in [0.4, 0.5) is 0 Å². The van der Waals surface area contributed by atoms with Crippen molar-refractivity contribution >= 4 is 48.8 Å². The van der Waals surface area contributed by atoms with Crippen LogP contribution < -0.4 is 15.8 Å². The molecule has 0 saturated carbocycles. The summed E-state index contributed by atoms with van der Waals surface area (Å²) in [6.07, 6.45) is 1.57. The number of carbonyl (C=O) groups excluding carboxylic acids is 2. The molecule has 3 aromatic carbocycles. The highest BCUT2D eigenvalue weighted by Gasteiger charge is 2.27. The number of rotatable bonds is 5. The number of imide groups is 1. The molecule has 0 unspecified atom stereocenters. The number of hydrogen-bond donors (Lipinski definition) is 3. The van der Waals surface area contributed by atoms with Gasteiger partial charge in [0, 0.05) is 33.4 Å². The molecule has 1 aliphatic heterocycles. The number of nitrogens with two attached hydrogens (primary N) is 1. The maximum Gasteiger partial charge on any atom is 0.260 e. The van der Waals surface area contributed by atoms with Crippen molar-refractivity contribution in [2.75, 3.05) is 0 Å². The van der Waals surface area contributed by atoms with Crippen LogP contribution in [0.2, 0.25) is 0 Å². The summed E-state index contributed by atoms with van der Waals surface area (Å²) in [5.41, 5.74) is 3.05. The molecule has 5 rings (SSSR count). The van der Waals surface area contributed by atoms with E-state index < -0.39 is 21.8 Å². The molecule has 0 radical (unpaired) electrons. The first-order valence-corrected chi connectivity index (χ1v) is 12.7. The second kappa shape index (κ2) is 8.53. The maximum atomic E-state index is 12.6. The summed E-state index contributed by atoms with van der Waals surface area (Å²) < 4.78 is 24.0. The Bertz CT molecular complexity index is 1550. The van der Waals surface area contributed by atoms with Gasteiger partial charge in [0.2, 0.25) is 10.0 Å². The molecule has 7 nitrogen and oxygen atoms in total. The summed E-state index contributed by atoms with van der Waals surface area (Å²) in [6, 6.07) is 21.8. The van der Waals surface area contributed by atoms with E-state index in [-0.39, 0.29) is 4.90 Å². The second-order valence-corrected chi connectivity index (χ2v) is 10.5. The molecule has 0 fully saturated rings. The van der Waals surface area contributed by atoms with Gasteiger partial charge in [0.25, 0.3) is 11.8 Å². The molecule has 0 spiro atoms. The van der Waals surface area contributed by atoms with E-state index in [2.05, 4.69) is 28.8 Å². The number of primary sulfonamides is 1. The Morgan fingerprint density at radius 1 is 0.912 bits per heavy atom. The molecule has 9 heteroatoms. The Balaban J connectivity index is 1.45. The molecule has 0 aliphatic carbocycles. The lowest BCUT2D eigenvalue weighted by atomic mass is 9.93. The highest BCUT2D eigenvalue weighted by atomic mass is 32.2. The zero-order valence-electron chi connectivity index (χ0n) is 17.7. The van der Waals surface area contributed by atoms with Crippen LogP contribution in [0.1, 0.15) is 21.5 Å². The van der Waals surface area contributed by atoms with Crippen molar-refractivity contribution in [3.05, 3.63) is 95.7 Å². The fourth-order valence-electron chi connectivity index (χ4n) is 3.81. The number of nitrogens with one attached hydrogen (secondary N) is 2. The van der Waals surface area contributed by atoms with Crippen LogP contribution >= 0.6 is 11.3 Å². The lowest BCUT2D eigenvalue weighted by Gasteiger charge is -2.19. The third kappa shape index (κ3) is 4.24. The van der Waals surface area contributed by atoms with Gasteiger partial charge in [-0.3, -0.25) is 14.9 Å². The molecule has 0 atom stereocenters. The van der Waals surface area contributed by atoms with Crippen molar-refractivity contribution in [2.24, 2.45) is 5.14 Å². The molecular weight excluding hydrogens is 470 g/mol. The zero-order chi connectivity index (χ0) is 23.9. The predicted octanol–water partition coefficient (Wildman–Crippen LogP) is 3.62. The summed E-state index contributed by atoms with van der Waals surface area (Å²) in [6.45, 7) is 0.348. The lowest BCUT2D eigenvalue weighted by Crippen LogP contribution is -2.37. The van der Waals surface area contributed by atoms with E-state index in [1.54, 1.807) is 35.7 Å². The predicted molar refractivity (Wildman–Crippen MR) is 132 cm³/mol. The first kappa shape index (κ1) is 22.0. The Hall–Kier alpha value is -3.79. The standard InChI is InChI=1S/C25H19N3O4S2/c26-34(31,32)18-8-5-15(6-9-18)13-27-14-21-20-11-17(7-10-19(20)24(29)28-25(21)30)23-12-16-3-1-2-4-22(16)33-23/h1-12,14,27H,13H2,(H2,26,31,32)(H,28,29,30)/b21-14-. The van der Waals surface area contributed by atoms with Crippen molar-refractivity contribution < 1.29 is 18.0 Å². The number of sulfonamides is 1. The molecule has 2 amide bonds. The van der Waals surface area contributed by atoms with Crippen LogP contribution in [0.25, 0.3) is 26.1 Å². The van der Waals surface area contributed by atoms with E-state index in [4.69, 9.17) is 5.14 Å². The van der Waals surface area contributed by atoms with Crippen LogP contribution in [0.15, 0.2) is 83.9 Å². The van der Waals surface area contributed by atoms with Crippen LogP contribution in [-0.4, -0.2) is 20.2 Å². The quantitative estimate of drug-likeness (QED) is 0.292. The molecule has 34 heavy (non-hydrogen) atoms. The number of fused-ring (bicyclic) bond motifs is 2. The van der Waals surface area contributed by atoms with Gasteiger partial charge in [-0.2, -0.15) is 0 Å². The van der Waals surface area contributed by atoms with E-state index >= 15 is 0 Å². The topological polar surface area (TPSA) is 118 Å². The molecule has 1 aliphatic rings. The number of thiophene rings is 1. The summed E-state index contributed by atoms with van der Waals surface area (Å²) in [5.74, 6) is -0.915. The van der Waals surface area contributed by atoms with Gasteiger partial charge in [-0.1, -0.05) is 36.4 Å². The van der Waals surface area contributed by atoms with Gasteiger partial charge >= 0.3 is 0 Å². The fraction of sp³-hybridized carbons (Fsp3) is 0.0400. The van der Waals surface area contributed by atoms with Crippen LogP contribution in [0, 0.1) is 0 Å². The Morgan fingerprint density at radius 2 is 1.68 bits per heavy atom.